The van der Waals surface area contributed by atoms with Gasteiger partial charge in [0.05, 0.1) is 13.0 Å². The molecule has 5 heteroatoms. The molecule has 1 heterocycles. The van der Waals surface area contributed by atoms with E-state index < -0.39 is 5.97 Å². The average molecular weight is 300 g/mol. The van der Waals surface area contributed by atoms with Crippen molar-refractivity contribution in [3.8, 4) is 5.75 Å². The molecule has 0 aliphatic rings. The lowest BCUT2D eigenvalue weighted by Gasteiger charge is -2.04. The molecular weight excluding hydrogens is 284 g/mol. The maximum Gasteiger partial charge on any atom is 0.306 e. The minimum Gasteiger partial charge on any atom is -0.493 e. The Hall–Kier alpha value is -2.82. The van der Waals surface area contributed by atoms with Gasteiger partial charge in [0.1, 0.15) is 11.5 Å². The maximum absolute atomic E-state index is 11.9. The summed E-state index contributed by atoms with van der Waals surface area (Å²) in [6.45, 7) is 1.88. The van der Waals surface area contributed by atoms with E-state index in [1.807, 2.05) is 6.07 Å². The molecule has 1 aromatic carbocycles. The summed E-state index contributed by atoms with van der Waals surface area (Å²) in [5.41, 5.74) is 0.782. The molecule has 0 aliphatic heterocycles. The van der Waals surface area contributed by atoms with Gasteiger partial charge in [-0.25, -0.2) is 0 Å². The first-order valence-electron chi connectivity index (χ1n) is 6.78. The Labute approximate surface area is 127 Å². The first kappa shape index (κ1) is 15.6. The van der Waals surface area contributed by atoms with E-state index in [0.717, 1.165) is 5.56 Å². The van der Waals surface area contributed by atoms with Gasteiger partial charge < -0.3 is 14.3 Å². The Balaban J connectivity index is 1.98. The van der Waals surface area contributed by atoms with E-state index in [2.05, 4.69) is 0 Å². The van der Waals surface area contributed by atoms with Gasteiger partial charge in [0.25, 0.3) is 0 Å². The van der Waals surface area contributed by atoms with Gasteiger partial charge in [0, 0.05) is 0 Å². The molecule has 0 saturated carbocycles. The summed E-state index contributed by atoms with van der Waals surface area (Å²) in [5, 5.41) is 8.56. The van der Waals surface area contributed by atoms with Crippen molar-refractivity contribution in [3.05, 3.63) is 59.6 Å². The summed E-state index contributed by atoms with van der Waals surface area (Å²) in [6, 6.07) is 10.4. The Morgan fingerprint density at radius 1 is 1.27 bits per heavy atom. The molecule has 1 N–H and O–H groups in total. The number of allylic oxidation sites excluding steroid dienone is 1. The second kappa shape index (κ2) is 7.26. The molecule has 2 aromatic rings. The van der Waals surface area contributed by atoms with Crippen LogP contribution in [0.25, 0.3) is 6.08 Å². The quantitative estimate of drug-likeness (QED) is 0.627. The van der Waals surface area contributed by atoms with Gasteiger partial charge in [0.15, 0.2) is 5.76 Å². The number of aliphatic carboxylic acids is 1. The van der Waals surface area contributed by atoms with Gasteiger partial charge >= 0.3 is 5.97 Å². The molecular formula is C17H16O5. The van der Waals surface area contributed by atoms with Crippen molar-refractivity contribution in [1.82, 2.24) is 0 Å². The van der Waals surface area contributed by atoms with Crippen LogP contribution in [0.15, 0.2) is 46.9 Å². The zero-order valence-electron chi connectivity index (χ0n) is 12.1. The number of carbonyl (C=O) groups is 2. The van der Waals surface area contributed by atoms with Crippen LogP contribution in [0.1, 0.15) is 28.3 Å². The fraction of sp³-hybridized carbons (Fsp3) is 0.176. The van der Waals surface area contributed by atoms with Crippen molar-refractivity contribution in [2.24, 2.45) is 0 Å². The monoisotopic (exact) mass is 300 g/mol. The lowest BCUT2D eigenvalue weighted by molar-refractivity contribution is -0.137. The summed E-state index contributed by atoms with van der Waals surface area (Å²) < 4.78 is 10.6. The summed E-state index contributed by atoms with van der Waals surface area (Å²) in [7, 11) is 0. The molecule has 22 heavy (non-hydrogen) atoms. The van der Waals surface area contributed by atoms with E-state index in [9.17, 15) is 9.59 Å². The van der Waals surface area contributed by atoms with Crippen LogP contribution in [0.2, 0.25) is 0 Å². The highest BCUT2D eigenvalue weighted by Crippen LogP contribution is 2.15. The van der Waals surface area contributed by atoms with Crippen LogP contribution in [0.3, 0.4) is 0 Å². The van der Waals surface area contributed by atoms with E-state index in [0.29, 0.717) is 17.3 Å². The second-order valence-electron chi connectivity index (χ2n) is 4.67. The van der Waals surface area contributed by atoms with Crippen molar-refractivity contribution >= 4 is 17.8 Å². The SMILES string of the molecule is Cc1ccc(C(=O)/C=C\c2cccc(OCCC(=O)O)c2)o1. The molecule has 2 rings (SSSR count). The van der Waals surface area contributed by atoms with Crippen LogP contribution >= 0.6 is 0 Å². The largest absolute Gasteiger partial charge is 0.493 e. The Morgan fingerprint density at radius 3 is 2.77 bits per heavy atom. The predicted molar refractivity (Wildman–Crippen MR) is 81.0 cm³/mol. The number of furan rings is 1. The molecule has 114 valence electrons. The number of carboxylic acid groups (broad SMARTS) is 1. The lowest BCUT2D eigenvalue weighted by atomic mass is 10.1. The number of ketones is 1. The van der Waals surface area contributed by atoms with Crippen LogP contribution in [0.5, 0.6) is 5.75 Å². The molecule has 0 atom stereocenters. The molecule has 0 bridgehead atoms. The highest BCUT2D eigenvalue weighted by molar-refractivity contribution is 6.04. The Bertz CT molecular complexity index is 697. The zero-order chi connectivity index (χ0) is 15.9. The predicted octanol–water partition coefficient (Wildman–Crippen LogP) is 3.34. The van der Waals surface area contributed by atoms with Gasteiger partial charge in [0.2, 0.25) is 5.78 Å². The number of ether oxygens (including phenoxy) is 1. The van der Waals surface area contributed by atoms with Gasteiger partial charge in [-0.3, -0.25) is 9.59 Å². The Morgan fingerprint density at radius 2 is 2.09 bits per heavy atom. The van der Waals surface area contributed by atoms with E-state index >= 15 is 0 Å². The maximum atomic E-state index is 11.9. The lowest BCUT2D eigenvalue weighted by Crippen LogP contribution is -2.04. The van der Waals surface area contributed by atoms with E-state index in [1.165, 1.54) is 6.08 Å². The molecule has 0 aliphatic carbocycles. The Kier molecular flexibility index (Phi) is 5.14. The standard InChI is InChI=1S/C17H16O5/c1-12-5-8-16(22-12)15(18)7-6-13-3-2-4-14(11-13)21-10-9-17(19)20/h2-8,11H,9-10H2,1H3,(H,19,20)/b7-6-. The molecule has 1 aromatic heterocycles. The number of hydrogen-bond acceptors (Lipinski definition) is 4. The number of aryl methyl sites for hydroxylation is 1. The van der Waals surface area contributed by atoms with Gasteiger partial charge in [-0.05, 0) is 42.8 Å². The highest BCUT2D eigenvalue weighted by Gasteiger charge is 2.06. The van der Waals surface area contributed by atoms with E-state index in [-0.39, 0.29) is 18.8 Å². The molecule has 0 unspecified atom stereocenters. The molecule has 0 saturated heterocycles. The van der Waals surface area contributed by atoms with Crippen molar-refractivity contribution < 1.29 is 23.8 Å². The van der Waals surface area contributed by atoms with E-state index in [1.54, 1.807) is 43.3 Å². The van der Waals surface area contributed by atoms with Crippen LogP contribution in [-0.2, 0) is 4.79 Å². The molecule has 0 fully saturated rings. The van der Waals surface area contributed by atoms with Crippen molar-refractivity contribution in [2.45, 2.75) is 13.3 Å². The summed E-state index contributed by atoms with van der Waals surface area (Å²) in [6.07, 6.45) is 3.02. The fourth-order valence-electron chi connectivity index (χ4n) is 1.79. The second-order valence-corrected chi connectivity index (χ2v) is 4.67. The van der Waals surface area contributed by atoms with Crippen molar-refractivity contribution in [1.29, 1.82) is 0 Å². The van der Waals surface area contributed by atoms with Gasteiger partial charge in [-0.2, -0.15) is 0 Å². The fourth-order valence-corrected chi connectivity index (χ4v) is 1.79. The molecule has 0 amide bonds. The zero-order valence-corrected chi connectivity index (χ0v) is 12.1. The number of carbonyl (C=O) groups excluding carboxylic acids is 1. The normalized spacial score (nSPS) is 10.8. The van der Waals surface area contributed by atoms with Crippen molar-refractivity contribution in [2.75, 3.05) is 6.61 Å². The number of carboxylic acids is 1. The summed E-state index contributed by atoms with van der Waals surface area (Å²) >= 11 is 0. The number of rotatable bonds is 7. The van der Waals surface area contributed by atoms with E-state index in [4.69, 9.17) is 14.3 Å². The first-order valence-corrected chi connectivity index (χ1v) is 6.78. The third-order valence-electron chi connectivity index (χ3n) is 2.85. The first-order chi connectivity index (χ1) is 10.5. The van der Waals surface area contributed by atoms with Crippen LogP contribution < -0.4 is 4.74 Å². The van der Waals surface area contributed by atoms with Gasteiger partial charge in [-0.15, -0.1) is 0 Å². The molecule has 5 nitrogen and oxygen atoms in total. The molecule has 0 spiro atoms. The summed E-state index contributed by atoms with van der Waals surface area (Å²) in [5.74, 6) is 0.415. The minimum absolute atomic E-state index is 0.0591. The third-order valence-corrected chi connectivity index (χ3v) is 2.85. The highest BCUT2D eigenvalue weighted by atomic mass is 16.5. The number of hydrogen-bond donors (Lipinski definition) is 1. The average Bonchev–Trinajstić information content (AvgIpc) is 2.91. The molecule has 0 radical (unpaired) electrons. The van der Waals surface area contributed by atoms with Gasteiger partial charge in [-0.1, -0.05) is 18.2 Å². The number of benzene rings is 1. The van der Waals surface area contributed by atoms with Crippen LogP contribution in [0.4, 0.5) is 0 Å². The minimum atomic E-state index is -0.907. The van der Waals surface area contributed by atoms with Crippen LogP contribution in [-0.4, -0.2) is 23.5 Å². The van der Waals surface area contributed by atoms with Crippen molar-refractivity contribution in [3.63, 3.8) is 0 Å². The smallest absolute Gasteiger partial charge is 0.306 e. The van der Waals surface area contributed by atoms with Crippen LogP contribution in [0, 0.1) is 6.92 Å². The topological polar surface area (TPSA) is 76.7 Å². The third kappa shape index (κ3) is 4.63. The summed E-state index contributed by atoms with van der Waals surface area (Å²) in [4.78, 5) is 22.3.